The number of carbonyl (C=O) groups is 6. The second-order valence-electron chi connectivity index (χ2n) is 13.4. The Morgan fingerprint density at radius 3 is 1.41 bits per heavy atom. The highest BCUT2D eigenvalue weighted by Gasteiger charge is 2.36. The van der Waals surface area contributed by atoms with E-state index >= 15 is 0 Å². The summed E-state index contributed by atoms with van der Waals surface area (Å²) in [6.45, 7) is 0.173. The normalized spacial score (nSPS) is 17.2. The third kappa shape index (κ3) is 8.43. The molecule has 0 aromatic heterocycles. The molecule has 16 nitrogen and oxygen atoms in total. The first-order valence-corrected chi connectivity index (χ1v) is 18.7. The first-order chi connectivity index (χ1) is 27.9. The molecule has 8 rings (SSSR count). The maximum absolute atomic E-state index is 13.4. The lowest BCUT2D eigenvalue weighted by atomic mass is 10.0. The molecule has 2 atom stereocenters. The molecule has 1 unspecified atom stereocenters. The quantitative estimate of drug-likeness (QED) is 0.216. The van der Waals surface area contributed by atoms with Crippen molar-refractivity contribution in [3.63, 3.8) is 0 Å². The summed E-state index contributed by atoms with van der Waals surface area (Å²) in [4.78, 5) is 77.2. The molecule has 0 bridgehead atoms. The van der Waals surface area contributed by atoms with Gasteiger partial charge in [-0.1, -0.05) is 23.2 Å². The second kappa shape index (κ2) is 16.9. The lowest BCUT2D eigenvalue weighted by Gasteiger charge is -2.37. The van der Waals surface area contributed by atoms with Gasteiger partial charge < -0.3 is 40.2 Å². The van der Waals surface area contributed by atoms with Crippen LogP contribution in [0.3, 0.4) is 0 Å². The number of rotatable bonds is 6. The summed E-state index contributed by atoms with van der Waals surface area (Å²) >= 11 is 12.1. The van der Waals surface area contributed by atoms with Crippen molar-refractivity contribution in [2.24, 2.45) is 0 Å². The molecule has 18 heteroatoms. The van der Waals surface area contributed by atoms with E-state index in [4.69, 9.17) is 42.1 Å². The van der Waals surface area contributed by atoms with Gasteiger partial charge in [0, 0.05) is 47.4 Å². The van der Waals surface area contributed by atoms with Crippen LogP contribution in [0, 0.1) is 0 Å². The van der Waals surface area contributed by atoms with Crippen LogP contribution in [0.25, 0.3) is 0 Å². The zero-order chi connectivity index (χ0) is 41.1. The molecule has 0 saturated heterocycles. The minimum absolute atomic E-state index is 0.0634. The van der Waals surface area contributed by atoms with Crippen molar-refractivity contribution in [3.05, 3.63) is 94.0 Å². The molecule has 0 fully saturated rings. The number of ether oxygens (including phenoxy) is 4. The van der Waals surface area contributed by atoms with Gasteiger partial charge in [-0.2, -0.15) is 0 Å². The fourth-order valence-corrected chi connectivity index (χ4v) is 7.04. The predicted octanol–water partition coefficient (Wildman–Crippen LogP) is 4.43. The maximum Gasteiger partial charge on any atom is 0.262 e. The fourth-order valence-electron chi connectivity index (χ4n) is 6.71. The molecular formula is C40H36Cl2N6O10. The number of hydrogen-bond donors (Lipinski definition) is 4. The average Bonchev–Trinajstić information content (AvgIpc) is 3.22. The summed E-state index contributed by atoms with van der Waals surface area (Å²) in [5.41, 5.74) is 2.60. The summed E-state index contributed by atoms with van der Waals surface area (Å²) in [6, 6.07) is 18.6. The van der Waals surface area contributed by atoms with E-state index in [1.807, 2.05) is 0 Å². The first-order valence-electron chi connectivity index (χ1n) is 18.0. The van der Waals surface area contributed by atoms with Crippen LogP contribution in [0.5, 0.6) is 23.0 Å². The predicted molar refractivity (Wildman–Crippen MR) is 214 cm³/mol. The van der Waals surface area contributed by atoms with Crippen molar-refractivity contribution in [3.8, 4) is 23.0 Å². The van der Waals surface area contributed by atoms with Crippen LogP contribution in [-0.2, 0) is 19.2 Å². The first kappa shape index (κ1) is 39.7. The van der Waals surface area contributed by atoms with E-state index < -0.39 is 12.1 Å². The minimum atomic E-state index is -0.502. The smallest absolute Gasteiger partial charge is 0.262 e. The number of anilines is 4. The zero-order valence-electron chi connectivity index (χ0n) is 31.1. The van der Waals surface area contributed by atoms with Crippen molar-refractivity contribution >= 4 is 81.4 Å². The lowest BCUT2D eigenvalue weighted by Crippen LogP contribution is -2.49. The molecular weight excluding hydrogens is 795 g/mol. The highest BCUT2D eigenvalue weighted by atomic mass is 35.5. The number of nitrogens with one attached hydrogen (secondary N) is 4. The Kier molecular flexibility index (Phi) is 11.6. The Morgan fingerprint density at radius 1 is 0.603 bits per heavy atom. The van der Waals surface area contributed by atoms with Crippen molar-refractivity contribution in [2.75, 3.05) is 61.0 Å². The summed E-state index contributed by atoms with van der Waals surface area (Å²) in [6.07, 6.45) is 0.157. The molecule has 4 aliphatic heterocycles. The van der Waals surface area contributed by atoms with Gasteiger partial charge in [0.05, 0.1) is 47.7 Å². The molecule has 4 aromatic carbocycles. The van der Waals surface area contributed by atoms with E-state index in [0.29, 0.717) is 66.9 Å². The number of fused-ring (bicyclic) bond motifs is 4. The molecule has 0 radical (unpaired) electrons. The van der Waals surface area contributed by atoms with Crippen molar-refractivity contribution in [1.29, 1.82) is 0 Å². The van der Waals surface area contributed by atoms with E-state index in [2.05, 4.69) is 21.3 Å². The van der Waals surface area contributed by atoms with Crippen LogP contribution >= 0.6 is 23.2 Å². The Labute approximate surface area is 341 Å². The number of amides is 6. The second-order valence-corrected chi connectivity index (χ2v) is 14.2. The van der Waals surface area contributed by atoms with Crippen LogP contribution in [0.15, 0.2) is 72.8 Å². The largest absolute Gasteiger partial charge is 0.489 e. The molecule has 4 heterocycles. The SMILES string of the molecule is CNC(=O)CC1COc2cc(Cl)ccc2N1C(=O)c1ccc2c(c1)NC(=O)CO2.CNC(=O)C[C@H]1COc2cc(Cl)ccc2N1C(=O)c1ccc2c(c1)NC(=O)CO2. The van der Waals surface area contributed by atoms with E-state index in [1.165, 1.54) is 23.9 Å². The Balaban J connectivity index is 0.000000177. The summed E-state index contributed by atoms with van der Waals surface area (Å²) < 4.78 is 22.2. The summed E-state index contributed by atoms with van der Waals surface area (Å²) in [5.74, 6) is 0.287. The Bertz CT molecular complexity index is 2180. The topological polar surface area (TPSA) is 194 Å². The van der Waals surface area contributed by atoms with E-state index in [1.54, 1.807) is 72.8 Å². The zero-order valence-corrected chi connectivity index (χ0v) is 32.6. The number of halogens is 2. The van der Waals surface area contributed by atoms with Crippen LogP contribution in [0.2, 0.25) is 10.0 Å². The monoisotopic (exact) mass is 830 g/mol. The Hall–Kier alpha value is -6.52. The molecule has 4 aliphatic rings. The number of nitrogens with zero attached hydrogens (tertiary/aromatic N) is 2. The van der Waals surface area contributed by atoms with Crippen LogP contribution < -0.4 is 50.0 Å². The highest BCUT2D eigenvalue weighted by molar-refractivity contribution is 6.31. The fraction of sp³-hybridized carbons (Fsp3) is 0.250. The van der Waals surface area contributed by atoms with Gasteiger partial charge in [-0.05, 0) is 60.7 Å². The molecule has 0 spiro atoms. The van der Waals surface area contributed by atoms with Gasteiger partial charge in [-0.25, -0.2) is 0 Å². The molecule has 0 aliphatic carbocycles. The summed E-state index contributed by atoms with van der Waals surface area (Å²) in [7, 11) is 3.08. The molecule has 58 heavy (non-hydrogen) atoms. The van der Waals surface area contributed by atoms with Crippen LogP contribution in [-0.4, -0.2) is 88.0 Å². The highest BCUT2D eigenvalue weighted by Crippen LogP contribution is 2.40. The van der Waals surface area contributed by atoms with Crippen molar-refractivity contribution in [2.45, 2.75) is 24.9 Å². The van der Waals surface area contributed by atoms with E-state index in [-0.39, 0.29) is 74.7 Å². The molecule has 0 saturated carbocycles. The third-order valence-electron chi connectivity index (χ3n) is 9.51. The third-order valence-corrected chi connectivity index (χ3v) is 9.98. The summed E-state index contributed by atoms with van der Waals surface area (Å²) in [5, 5.41) is 11.5. The average molecular weight is 832 g/mol. The van der Waals surface area contributed by atoms with Gasteiger partial charge in [0.1, 0.15) is 36.2 Å². The number of hydrogen-bond acceptors (Lipinski definition) is 10. The van der Waals surface area contributed by atoms with E-state index in [9.17, 15) is 28.8 Å². The minimum Gasteiger partial charge on any atom is -0.489 e. The van der Waals surface area contributed by atoms with Crippen molar-refractivity contribution in [1.82, 2.24) is 10.6 Å². The van der Waals surface area contributed by atoms with Gasteiger partial charge in [0.15, 0.2) is 13.2 Å². The van der Waals surface area contributed by atoms with Gasteiger partial charge in [-0.15, -0.1) is 0 Å². The van der Waals surface area contributed by atoms with Gasteiger partial charge in [0.25, 0.3) is 23.6 Å². The number of benzene rings is 4. The molecule has 4 aromatic rings. The van der Waals surface area contributed by atoms with Crippen molar-refractivity contribution < 1.29 is 47.7 Å². The molecule has 300 valence electrons. The van der Waals surface area contributed by atoms with Crippen LogP contribution in [0.4, 0.5) is 22.7 Å². The van der Waals surface area contributed by atoms with E-state index in [0.717, 1.165) is 0 Å². The van der Waals surface area contributed by atoms with Gasteiger partial charge in [-0.3, -0.25) is 38.6 Å². The maximum atomic E-state index is 13.4. The Morgan fingerprint density at radius 2 is 1.02 bits per heavy atom. The number of carbonyl (C=O) groups excluding carboxylic acids is 6. The van der Waals surface area contributed by atoms with Crippen LogP contribution in [0.1, 0.15) is 33.6 Å². The lowest BCUT2D eigenvalue weighted by molar-refractivity contribution is -0.121. The standard InChI is InChI=1S/2C20H18ClN3O5/c2*1-22-18(25)8-13-9-28-17-7-12(21)3-4-15(17)24(13)20(27)11-2-5-16-14(6-11)23-19(26)10-29-16/h2*2-7,13H,8-10H2,1H3,(H,22,25)(H,23,26)/t13-;/m0./s1. The molecule has 4 N–H and O–H groups in total. The molecule has 6 amide bonds. The van der Waals surface area contributed by atoms with Gasteiger partial charge in [0.2, 0.25) is 11.8 Å². The van der Waals surface area contributed by atoms with Gasteiger partial charge >= 0.3 is 0 Å².